The van der Waals surface area contributed by atoms with Gasteiger partial charge in [-0.2, -0.15) is 16.4 Å². The zero-order valence-electron chi connectivity index (χ0n) is 20.1. The van der Waals surface area contributed by atoms with Gasteiger partial charge in [0.25, 0.3) is 5.91 Å². The highest BCUT2D eigenvalue weighted by molar-refractivity contribution is 7.08. The number of thiophene rings is 1. The highest BCUT2D eigenvalue weighted by Crippen LogP contribution is 2.34. The molecule has 5 heterocycles. The van der Waals surface area contributed by atoms with E-state index < -0.39 is 5.82 Å². The largest absolute Gasteiger partial charge is 0.336 e. The molecule has 0 aliphatic rings. The fraction of sp³-hybridized carbons (Fsp3) is 0. The topological polar surface area (TPSA) is 112 Å². The molecule has 0 aliphatic carbocycles. The van der Waals surface area contributed by atoms with Crippen molar-refractivity contribution in [3.05, 3.63) is 101 Å². The van der Waals surface area contributed by atoms with Crippen molar-refractivity contribution in [2.45, 2.75) is 0 Å². The summed E-state index contributed by atoms with van der Waals surface area (Å²) in [5, 5.41) is 14.6. The normalized spacial score (nSPS) is 11.3. The first-order valence-corrected chi connectivity index (χ1v) is 13.0. The van der Waals surface area contributed by atoms with Crippen LogP contribution in [0.2, 0.25) is 0 Å². The van der Waals surface area contributed by atoms with Crippen molar-refractivity contribution in [2.24, 2.45) is 0 Å². The van der Waals surface area contributed by atoms with E-state index in [2.05, 4.69) is 30.5 Å². The third kappa shape index (κ3) is 4.12. The van der Waals surface area contributed by atoms with E-state index in [0.29, 0.717) is 44.8 Å². The number of H-pyrrole nitrogens is 2. The summed E-state index contributed by atoms with van der Waals surface area (Å²) in [7, 11) is 0. The average molecular weight is 532 g/mol. The van der Waals surface area contributed by atoms with Crippen molar-refractivity contribution < 1.29 is 9.18 Å². The lowest BCUT2D eigenvalue weighted by atomic mass is 10.0. The maximum absolute atomic E-state index is 15.2. The Bertz CT molecular complexity index is 1980. The van der Waals surface area contributed by atoms with E-state index in [9.17, 15) is 4.79 Å². The number of halogens is 1. The van der Waals surface area contributed by atoms with Crippen molar-refractivity contribution >= 4 is 44.9 Å². The first kappa shape index (κ1) is 22.9. The molecule has 0 saturated heterocycles. The molecule has 188 valence electrons. The van der Waals surface area contributed by atoms with Gasteiger partial charge >= 0.3 is 0 Å². The molecule has 5 aromatic heterocycles. The van der Waals surface area contributed by atoms with E-state index in [1.54, 1.807) is 60.3 Å². The van der Waals surface area contributed by atoms with E-state index in [1.807, 2.05) is 35.0 Å². The van der Waals surface area contributed by atoms with Crippen molar-refractivity contribution in [2.75, 3.05) is 5.32 Å². The van der Waals surface area contributed by atoms with Crippen LogP contribution in [0.3, 0.4) is 0 Å². The molecule has 0 bridgehead atoms. The minimum atomic E-state index is -0.461. The van der Waals surface area contributed by atoms with Gasteiger partial charge in [0.2, 0.25) is 0 Å². The summed E-state index contributed by atoms with van der Waals surface area (Å²) in [5.74, 6) is -0.217. The Labute approximate surface area is 224 Å². The van der Waals surface area contributed by atoms with Crippen molar-refractivity contribution in [3.63, 3.8) is 0 Å². The lowest BCUT2D eigenvalue weighted by molar-refractivity contribution is 0.102. The molecule has 0 radical (unpaired) electrons. The van der Waals surface area contributed by atoms with Crippen molar-refractivity contribution in [3.8, 4) is 33.9 Å². The summed E-state index contributed by atoms with van der Waals surface area (Å²) < 4.78 is 15.2. The summed E-state index contributed by atoms with van der Waals surface area (Å²) in [6, 6.07) is 17.8. The Morgan fingerprint density at radius 1 is 0.949 bits per heavy atom. The Hall–Kier alpha value is -5.22. The highest BCUT2D eigenvalue weighted by Gasteiger charge is 2.19. The molecule has 0 saturated carbocycles. The number of rotatable bonds is 5. The highest BCUT2D eigenvalue weighted by atomic mass is 32.1. The molecule has 7 aromatic rings. The molecular formula is C29H18FN7OS. The molecule has 0 aliphatic heterocycles. The van der Waals surface area contributed by atoms with Crippen LogP contribution in [0.1, 0.15) is 10.4 Å². The number of aromatic nitrogens is 6. The zero-order chi connectivity index (χ0) is 26.3. The molecule has 7 rings (SSSR count). The number of imidazole rings is 1. The lowest BCUT2D eigenvalue weighted by Crippen LogP contribution is -2.11. The van der Waals surface area contributed by atoms with Crippen LogP contribution in [0, 0.1) is 5.82 Å². The van der Waals surface area contributed by atoms with Crippen LogP contribution in [-0.4, -0.2) is 36.0 Å². The van der Waals surface area contributed by atoms with E-state index in [1.165, 1.54) is 6.07 Å². The maximum Gasteiger partial charge on any atom is 0.255 e. The fourth-order valence-electron chi connectivity index (χ4n) is 4.54. The lowest BCUT2D eigenvalue weighted by Gasteiger charge is -2.08. The van der Waals surface area contributed by atoms with Gasteiger partial charge in [-0.1, -0.05) is 18.2 Å². The Balaban J connectivity index is 1.28. The second-order valence-electron chi connectivity index (χ2n) is 8.89. The molecule has 3 N–H and O–H groups in total. The number of hydrogen-bond donors (Lipinski definition) is 3. The number of benzene rings is 2. The number of amides is 1. The summed E-state index contributed by atoms with van der Waals surface area (Å²) in [4.78, 5) is 29.5. The maximum atomic E-state index is 15.2. The minimum Gasteiger partial charge on any atom is -0.336 e. The molecule has 0 fully saturated rings. The summed E-state index contributed by atoms with van der Waals surface area (Å²) >= 11 is 1.59. The quantitative estimate of drug-likeness (QED) is 0.229. The Morgan fingerprint density at radius 2 is 1.85 bits per heavy atom. The van der Waals surface area contributed by atoms with Gasteiger partial charge in [-0.15, -0.1) is 0 Å². The zero-order valence-corrected chi connectivity index (χ0v) is 21.0. The summed E-state index contributed by atoms with van der Waals surface area (Å²) in [6.45, 7) is 0. The van der Waals surface area contributed by atoms with E-state index in [-0.39, 0.29) is 11.4 Å². The number of fused-ring (bicyclic) bond motifs is 2. The molecule has 0 atom stereocenters. The number of carbonyl (C=O) groups excluding carboxylic acids is 1. The SMILES string of the molecule is O=C(Nc1cncc(-c2cc(F)c3[nH]nc(-c4nc5c(-c6ccsc6)nccc5[nH]4)c3c2)c1)c1ccccc1. The second-order valence-corrected chi connectivity index (χ2v) is 9.67. The van der Waals surface area contributed by atoms with Crippen molar-refractivity contribution in [1.29, 1.82) is 0 Å². The molecule has 2 aromatic carbocycles. The van der Waals surface area contributed by atoms with Gasteiger partial charge < -0.3 is 10.3 Å². The third-order valence-corrected chi connectivity index (χ3v) is 7.09. The van der Waals surface area contributed by atoms with E-state index >= 15 is 4.39 Å². The van der Waals surface area contributed by atoms with Gasteiger partial charge in [0, 0.05) is 39.9 Å². The molecule has 39 heavy (non-hydrogen) atoms. The smallest absolute Gasteiger partial charge is 0.255 e. The van der Waals surface area contributed by atoms with Gasteiger partial charge in [-0.25, -0.2) is 9.37 Å². The first-order chi connectivity index (χ1) is 19.1. The summed E-state index contributed by atoms with van der Waals surface area (Å²) in [6.07, 6.45) is 4.91. The number of nitrogens with one attached hydrogen (secondary N) is 3. The number of pyridine rings is 2. The van der Waals surface area contributed by atoms with Crippen LogP contribution >= 0.6 is 11.3 Å². The molecule has 0 unspecified atom stereocenters. The molecule has 10 heteroatoms. The molecule has 8 nitrogen and oxygen atoms in total. The number of nitrogens with zero attached hydrogens (tertiary/aromatic N) is 4. The van der Waals surface area contributed by atoms with Crippen LogP contribution in [0.15, 0.2) is 90.0 Å². The fourth-order valence-corrected chi connectivity index (χ4v) is 5.18. The van der Waals surface area contributed by atoms with Crippen molar-refractivity contribution in [1.82, 2.24) is 30.1 Å². The van der Waals surface area contributed by atoms with Crippen LogP contribution in [0.5, 0.6) is 0 Å². The van der Waals surface area contributed by atoms with Gasteiger partial charge in [0.1, 0.15) is 22.5 Å². The van der Waals surface area contributed by atoms with E-state index in [0.717, 1.165) is 16.8 Å². The van der Waals surface area contributed by atoms with Gasteiger partial charge in [0.05, 0.1) is 23.1 Å². The number of hydrogen-bond acceptors (Lipinski definition) is 6. The second kappa shape index (κ2) is 9.26. The van der Waals surface area contributed by atoms with Gasteiger partial charge in [-0.3, -0.25) is 19.9 Å². The van der Waals surface area contributed by atoms with Gasteiger partial charge in [-0.05, 0) is 53.4 Å². The van der Waals surface area contributed by atoms with Crippen LogP contribution in [-0.2, 0) is 0 Å². The third-order valence-electron chi connectivity index (χ3n) is 6.41. The minimum absolute atomic E-state index is 0.255. The average Bonchev–Trinajstić information content (AvgIpc) is 3.73. The number of aromatic amines is 2. The predicted molar refractivity (Wildman–Crippen MR) is 150 cm³/mol. The molecular weight excluding hydrogens is 513 g/mol. The first-order valence-electron chi connectivity index (χ1n) is 12.0. The Kier molecular flexibility index (Phi) is 5.45. The number of carbonyl (C=O) groups is 1. The van der Waals surface area contributed by atoms with Crippen LogP contribution in [0.4, 0.5) is 10.1 Å². The molecule has 0 spiro atoms. The summed E-state index contributed by atoms with van der Waals surface area (Å²) in [5.41, 5.74) is 6.28. The van der Waals surface area contributed by atoms with Gasteiger partial charge in [0.15, 0.2) is 5.82 Å². The van der Waals surface area contributed by atoms with Crippen LogP contribution in [0.25, 0.3) is 55.8 Å². The van der Waals surface area contributed by atoms with E-state index in [4.69, 9.17) is 4.98 Å². The molecule has 1 amide bonds. The number of anilines is 1. The predicted octanol–water partition coefficient (Wildman–Crippen LogP) is 6.68. The Morgan fingerprint density at radius 3 is 2.69 bits per heavy atom. The standard InChI is InChI=1S/C29H18FN7OS/c30-22-12-18(19-10-20(14-31-13-19)33-29(38)16-4-2-1-3-5-16)11-21-25(22)36-37-26(21)28-34-23-6-8-32-24(27(23)35-28)17-7-9-39-15-17/h1-15H,(H,33,38)(H,34,35)(H,36,37). The monoisotopic (exact) mass is 531 g/mol. The van der Waals surface area contributed by atoms with Crippen LogP contribution < -0.4 is 5.32 Å².